The normalized spacial score (nSPS) is 9.74. The zero-order chi connectivity index (χ0) is 19.7. The Hall–Kier alpha value is -2.56. The summed E-state index contributed by atoms with van der Waals surface area (Å²) in [5.74, 6) is -0.928. The van der Waals surface area contributed by atoms with E-state index in [1.807, 2.05) is 48.5 Å². The SMILES string of the molecule is COC(=O)c1cc(-c2cc(C(=O)OC)c3ccccc3n2)nc2ccccc12.[Cl-].[Cl-].[Pd+2]. The number of carbonyl (C=O) groups is 2. The van der Waals surface area contributed by atoms with Crippen molar-refractivity contribution in [3.63, 3.8) is 0 Å². The summed E-state index contributed by atoms with van der Waals surface area (Å²) in [5, 5.41) is 1.37. The molecule has 0 saturated heterocycles. The smallest absolute Gasteiger partial charge is 1.00 e. The van der Waals surface area contributed by atoms with Gasteiger partial charge >= 0.3 is 32.4 Å². The van der Waals surface area contributed by atoms with Crippen LogP contribution in [0.1, 0.15) is 20.7 Å². The number of ether oxygens (including phenoxy) is 2. The fourth-order valence-corrected chi connectivity index (χ4v) is 3.17. The monoisotopic (exact) mass is 548 g/mol. The molecular formula is C22H16Cl2N2O4Pd. The maximum Gasteiger partial charge on any atom is 2.00 e. The van der Waals surface area contributed by atoms with Crippen molar-refractivity contribution in [1.82, 2.24) is 9.97 Å². The predicted molar refractivity (Wildman–Crippen MR) is 105 cm³/mol. The van der Waals surface area contributed by atoms with Gasteiger partial charge in [0.05, 0.1) is 47.8 Å². The molecule has 0 atom stereocenters. The van der Waals surface area contributed by atoms with E-state index >= 15 is 0 Å². The van der Waals surface area contributed by atoms with E-state index in [0.717, 1.165) is 0 Å². The van der Waals surface area contributed by atoms with E-state index < -0.39 is 11.9 Å². The molecule has 0 fully saturated rings. The molecule has 0 bridgehead atoms. The minimum Gasteiger partial charge on any atom is -1.00 e. The fourth-order valence-electron chi connectivity index (χ4n) is 3.17. The number of rotatable bonds is 3. The second kappa shape index (κ2) is 11.2. The molecule has 0 unspecified atom stereocenters. The van der Waals surface area contributed by atoms with E-state index in [1.54, 1.807) is 12.1 Å². The Morgan fingerprint density at radius 2 is 1.03 bits per heavy atom. The van der Waals surface area contributed by atoms with Crippen LogP contribution in [0.15, 0.2) is 60.7 Å². The predicted octanol–water partition coefficient (Wildman–Crippen LogP) is -1.97. The molecule has 6 nitrogen and oxygen atoms in total. The third-order valence-corrected chi connectivity index (χ3v) is 4.51. The van der Waals surface area contributed by atoms with Crippen molar-refractivity contribution in [3.8, 4) is 11.4 Å². The number of hydrogen-bond acceptors (Lipinski definition) is 6. The summed E-state index contributed by atoms with van der Waals surface area (Å²) < 4.78 is 9.85. The van der Waals surface area contributed by atoms with Crippen LogP contribution in [-0.2, 0) is 29.9 Å². The summed E-state index contributed by atoms with van der Waals surface area (Å²) in [6, 6.07) is 17.9. The maximum atomic E-state index is 12.3. The molecule has 0 N–H and O–H groups in total. The minimum atomic E-state index is -0.464. The number of esters is 2. The van der Waals surface area contributed by atoms with Crippen LogP contribution in [0.4, 0.5) is 0 Å². The zero-order valence-corrected chi connectivity index (χ0v) is 19.4. The molecule has 0 aliphatic rings. The number of pyridine rings is 2. The molecule has 0 radical (unpaired) electrons. The number of benzene rings is 2. The first kappa shape index (κ1) is 26.5. The van der Waals surface area contributed by atoms with Crippen molar-refractivity contribution in [1.29, 1.82) is 0 Å². The minimum absolute atomic E-state index is 0. The van der Waals surface area contributed by atoms with Gasteiger partial charge in [-0.15, -0.1) is 0 Å². The van der Waals surface area contributed by atoms with Crippen LogP contribution in [-0.4, -0.2) is 36.1 Å². The van der Waals surface area contributed by atoms with Crippen LogP contribution in [0.25, 0.3) is 33.2 Å². The van der Waals surface area contributed by atoms with Crippen LogP contribution >= 0.6 is 0 Å². The Morgan fingerprint density at radius 1 is 0.677 bits per heavy atom. The van der Waals surface area contributed by atoms with Crippen LogP contribution < -0.4 is 24.8 Å². The van der Waals surface area contributed by atoms with Crippen LogP contribution in [0.3, 0.4) is 0 Å². The van der Waals surface area contributed by atoms with Gasteiger partial charge in [0.25, 0.3) is 0 Å². The van der Waals surface area contributed by atoms with E-state index in [0.29, 0.717) is 44.3 Å². The topological polar surface area (TPSA) is 78.4 Å². The largest absolute Gasteiger partial charge is 2.00 e. The Morgan fingerprint density at radius 3 is 1.39 bits per heavy atom. The van der Waals surface area contributed by atoms with Crippen molar-refractivity contribution in [2.24, 2.45) is 0 Å². The molecule has 4 aromatic rings. The number of para-hydroxylation sites is 2. The van der Waals surface area contributed by atoms with Gasteiger partial charge in [-0.1, -0.05) is 36.4 Å². The average Bonchev–Trinajstić information content (AvgIpc) is 2.76. The number of carbonyl (C=O) groups excluding carboxylic acids is 2. The van der Waals surface area contributed by atoms with Crippen molar-refractivity contribution in [2.45, 2.75) is 0 Å². The molecule has 0 amide bonds. The number of aromatic nitrogens is 2. The molecule has 31 heavy (non-hydrogen) atoms. The summed E-state index contributed by atoms with van der Waals surface area (Å²) in [6.07, 6.45) is 0. The summed E-state index contributed by atoms with van der Waals surface area (Å²) in [6.45, 7) is 0. The van der Waals surface area contributed by atoms with Crippen LogP contribution in [0, 0.1) is 0 Å². The standard InChI is InChI=1S/C22H16N2O4.2ClH.Pd/c1-27-21(25)15-11-19(23-17-9-5-3-7-13(15)17)20-12-16(22(26)28-2)14-8-4-6-10-18(14)24-20;;;/h3-12H,1-2H3;2*1H;/q;;;+2/p-2. The van der Waals surface area contributed by atoms with Crippen molar-refractivity contribution >= 4 is 33.7 Å². The van der Waals surface area contributed by atoms with Gasteiger partial charge in [0.1, 0.15) is 0 Å². The summed E-state index contributed by atoms with van der Waals surface area (Å²) >= 11 is 0. The third kappa shape index (κ3) is 5.03. The van der Waals surface area contributed by atoms with Gasteiger partial charge in [0.2, 0.25) is 0 Å². The quantitative estimate of drug-likeness (QED) is 0.218. The van der Waals surface area contributed by atoms with Crippen LogP contribution in [0.5, 0.6) is 0 Å². The number of methoxy groups -OCH3 is 2. The molecule has 2 heterocycles. The van der Waals surface area contributed by atoms with E-state index in [1.165, 1.54) is 14.2 Å². The van der Waals surface area contributed by atoms with E-state index in [9.17, 15) is 9.59 Å². The summed E-state index contributed by atoms with van der Waals surface area (Å²) in [5.41, 5.74) is 2.98. The molecule has 0 spiro atoms. The summed E-state index contributed by atoms with van der Waals surface area (Å²) in [4.78, 5) is 33.9. The van der Waals surface area contributed by atoms with Gasteiger partial charge in [0.15, 0.2) is 0 Å². The Kier molecular flexibility index (Phi) is 9.54. The van der Waals surface area contributed by atoms with Crippen LogP contribution in [0.2, 0.25) is 0 Å². The summed E-state index contributed by atoms with van der Waals surface area (Å²) in [7, 11) is 2.67. The first-order valence-corrected chi connectivity index (χ1v) is 8.59. The van der Waals surface area contributed by atoms with Gasteiger partial charge in [-0.3, -0.25) is 0 Å². The Balaban J connectivity index is 0.00000160. The number of nitrogens with zero attached hydrogens (tertiary/aromatic N) is 2. The molecule has 162 valence electrons. The molecule has 2 aromatic carbocycles. The number of hydrogen-bond donors (Lipinski definition) is 0. The van der Waals surface area contributed by atoms with Gasteiger partial charge in [-0.05, 0) is 24.3 Å². The molecule has 4 rings (SSSR count). The van der Waals surface area contributed by atoms with Gasteiger partial charge < -0.3 is 34.3 Å². The van der Waals surface area contributed by atoms with Crippen molar-refractivity contribution < 1.29 is 64.3 Å². The van der Waals surface area contributed by atoms with Gasteiger partial charge in [0, 0.05) is 10.8 Å². The molecular weight excluding hydrogens is 534 g/mol. The first-order chi connectivity index (χ1) is 13.6. The Bertz CT molecular complexity index is 1150. The molecule has 9 heteroatoms. The average molecular weight is 550 g/mol. The van der Waals surface area contributed by atoms with E-state index in [2.05, 4.69) is 9.97 Å². The van der Waals surface area contributed by atoms with Crippen molar-refractivity contribution in [2.75, 3.05) is 14.2 Å². The Labute approximate surface area is 204 Å². The molecule has 0 saturated carbocycles. The van der Waals surface area contributed by atoms with Gasteiger partial charge in [-0.2, -0.15) is 0 Å². The van der Waals surface area contributed by atoms with E-state index in [-0.39, 0.29) is 45.2 Å². The number of halogens is 2. The molecule has 0 aliphatic carbocycles. The third-order valence-electron chi connectivity index (χ3n) is 4.51. The molecule has 2 aromatic heterocycles. The maximum absolute atomic E-state index is 12.3. The first-order valence-electron chi connectivity index (χ1n) is 8.59. The second-order valence-corrected chi connectivity index (χ2v) is 6.13. The van der Waals surface area contributed by atoms with Crippen molar-refractivity contribution in [3.05, 3.63) is 71.8 Å². The fraction of sp³-hybridized carbons (Fsp3) is 0.0909. The molecule has 0 aliphatic heterocycles. The number of fused-ring (bicyclic) bond motifs is 2. The second-order valence-electron chi connectivity index (χ2n) is 6.13. The van der Waals surface area contributed by atoms with Gasteiger partial charge in [-0.25, -0.2) is 19.6 Å². The zero-order valence-electron chi connectivity index (χ0n) is 16.4. The van der Waals surface area contributed by atoms with E-state index in [4.69, 9.17) is 9.47 Å².